The third kappa shape index (κ3) is 1.58. The minimum atomic E-state index is -0.382. The van der Waals surface area contributed by atoms with Crippen LogP contribution in [0.5, 0.6) is 0 Å². The number of carbonyl (C=O) groups is 1. The predicted molar refractivity (Wildman–Crippen MR) is 65.7 cm³/mol. The molecule has 0 saturated heterocycles. The molecule has 5 nitrogen and oxygen atoms in total. The predicted octanol–water partition coefficient (Wildman–Crippen LogP) is 1.70. The number of nitrogens with zero attached hydrogens (tertiary/aromatic N) is 3. The van der Waals surface area contributed by atoms with Crippen LogP contribution in [0.3, 0.4) is 0 Å². The Morgan fingerprint density at radius 2 is 2.33 bits per heavy atom. The summed E-state index contributed by atoms with van der Waals surface area (Å²) in [4.78, 5) is 16.2. The number of esters is 1. The molecule has 18 heavy (non-hydrogen) atoms. The van der Waals surface area contributed by atoms with E-state index in [1.165, 1.54) is 11.3 Å². The summed E-state index contributed by atoms with van der Waals surface area (Å²) >= 11 is 0. The van der Waals surface area contributed by atoms with Crippen molar-refractivity contribution in [3.63, 3.8) is 0 Å². The largest absolute Gasteiger partial charge is 0.461 e. The molecule has 3 rings (SSSR count). The van der Waals surface area contributed by atoms with Crippen LogP contribution in [0.1, 0.15) is 40.8 Å². The molecule has 0 radical (unpaired) electrons. The highest BCUT2D eigenvalue weighted by Gasteiger charge is 2.21. The Morgan fingerprint density at radius 3 is 3.11 bits per heavy atom. The molecule has 0 spiro atoms. The lowest BCUT2D eigenvalue weighted by Gasteiger charge is -2.05. The average molecular weight is 245 g/mol. The quantitative estimate of drug-likeness (QED) is 0.756. The van der Waals surface area contributed by atoms with Crippen LogP contribution < -0.4 is 0 Å². The Labute approximate surface area is 105 Å². The number of hydrogen-bond donors (Lipinski definition) is 0. The fraction of sp³-hybridized carbons (Fsp3) is 0.462. The minimum Gasteiger partial charge on any atom is -0.461 e. The zero-order valence-corrected chi connectivity index (χ0v) is 10.6. The highest BCUT2D eigenvalue weighted by molar-refractivity contribution is 5.88. The first-order chi connectivity index (χ1) is 8.70. The van der Waals surface area contributed by atoms with Crippen molar-refractivity contribution in [3.05, 3.63) is 28.7 Å². The summed E-state index contributed by atoms with van der Waals surface area (Å²) in [6.45, 7) is 4.16. The Balaban J connectivity index is 2.15. The van der Waals surface area contributed by atoms with E-state index in [2.05, 4.69) is 10.1 Å². The summed E-state index contributed by atoms with van der Waals surface area (Å²) in [6, 6.07) is 1.70. The van der Waals surface area contributed by atoms with Gasteiger partial charge in [-0.15, -0.1) is 0 Å². The zero-order valence-electron chi connectivity index (χ0n) is 10.6. The van der Waals surface area contributed by atoms with Crippen LogP contribution >= 0.6 is 0 Å². The molecule has 0 amide bonds. The highest BCUT2D eigenvalue weighted by Crippen LogP contribution is 2.25. The summed E-state index contributed by atoms with van der Waals surface area (Å²) < 4.78 is 6.76. The van der Waals surface area contributed by atoms with Crippen molar-refractivity contribution >= 4 is 11.6 Å². The van der Waals surface area contributed by atoms with Crippen molar-refractivity contribution in [1.82, 2.24) is 14.6 Å². The Morgan fingerprint density at radius 1 is 1.50 bits per heavy atom. The number of rotatable bonds is 2. The van der Waals surface area contributed by atoms with E-state index in [0.29, 0.717) is 12.3 Å². The molecule has 1 aliphatic carbocycles. The van der Waals surface area contributed by atoms with E-state index in [1.54, 1.807) is 17.5 Å². The molecule has 0 aromatic carbocycles. The van der Waals surface area contributed by atoms with Gasteiger partial charge in [0.05, 0.1) is 6.61 Å². The van der Waals surface area contributed by atoms with Gasteiger partial charge in [0.25, 0.3) is 0 Å². The third-order valence-electron chi connectivity index (χ3n) is 3.34. The molecule has 0 unspecified atom stereocenters. The number of carbonyl (C=O) groups excluding carboxylic acids is 1. The molecule has 0 aliphatic heterocycles. The highest BCUT2D eigenvalue weighted by atomic mass is 16.5. The Bertz CT molecular complexity index is 631. The molecule has 0 atom stereocenters. The molecule has 94 valence electrons. The first-order valence-electron chi connectivity index (χ1n) is 6.26. The molecule has 2 aromatic rings. The molecule has 2 aromatic heterocycles. The Hall–Kier alpha value is -1.91. The van der Waals surface area contributed by atoms with Gasteiger partial charge in [-0.3, -0.25) is 0 Å². The van der Waals surface area contributed by atoms with Crippen molar-refractivity contribution in [2.24, 2.45) is 0 Å². The third-order valence-corrected chi connectivity index (χ3v) is 3.34. The molecule has 2 heterocycles. The second-order valence-corrected chi connectivity index (χ2v) is 4.50. The van der Waals surface area contributed by atoms with E-state index in [9.17, 15) is 4.79 Å². The maximum atomic E-state index is 11.7. The van der Waals surface area contributed by atoms with Gasteiger partial charge in [0.1, 0.15) is 0 Å². The monoisotopic (exact) mass is 245 g/mol. The van der Waals surface area contributed by atoms with Crippen LogP contribution in [-0.4, -0.2) is 27.2 Å². The smallest absolute Gasteiger partial charge is 0.358 e. The van der Waals surface area contributed by atoms with E-state index in [0.717, 1.165) is 30.6 Å². The van der Waals surface area contributed by atoms with Crippen LogP contribution in [0.2, 0.25) is 0 Å². The van der Waals surface area contributed by atoms with Crippen molar-refractivity contribution in [1.29, 1.82) is 0 Å². The van der Waals surface area contributed by atoms with Gasteiger partial charge < -0.3 is 4.74 Å². The number of aryl methyl sites for hydroxylation is 2. The van der Waals surface area contributed by atoms with E-state index in [-0.39, 0.29) is 5.97 Å². The zero-order chi connectivity index (χ0) is 12.7. The SMILES string of the molecule is CCOC(=O)c1cc2nc(C)c3c(n2n1)CCC3. The van der Waals surface area contributed by atoms with E-state index in [4.69, 9.17) is 4.74 Å². The summed E-state index contributed by atoms with van der Waals surface area (Å²) in [6.07, 6.45) is 3.18. The minimum absolute atomic E-state index is 0.337. The summed E-state index contributed by atoms with van der Waals surface area (Å²) in [5, 5.41) is 4.32. The molecule has 0 N–H and O–H groups in total. The number of aromatic nitrogens is 3. The van der Waals surface area contributed by atoms with E-state index in [1.807, 2.05) is 6.92 Å². The van der Waals surface area contributed by atoms with Crippen LogP contribution in [0.15, 0.2) is 6.07 Å². The number of ether oxygens (including phenoxy) is 1. The van der Waals surface area contributed by atoms with Gasteiger partial charge in [0.15, 0.2) is 11.3 Å². The fourth-order valence-corrected chi connectivity index (χ4v) is 2.54. The van der Waals surface area contributed by atoms with Gasteiger partial charge in [0.2, 0.25) is 0 Å². The van der Waals surface area contributed by atoms with Crippen molar-refractivity contribution in [2.45, 2.75) is 33.1 Å². The first kappa shape index (κ1) is 11.2. The van der Waals surface area contributed by atoms with Crippen LogP contribution in [0.25, 0.3) is 5.65 Å². The fourth-order valence-electron chi connectivity index (χ4n) is 2.54. The molecule has 5 heteroatoms. The lowest BCUT2D eigenvalue weighted by Crippen LogP contribution is -2.07. The maximum absolute atomic E-state index is 11.7. The van der Waals surface area contributed by atoms with Gasteiger partial charge in [-0.1, -0.05) is 0 Å². The number of hydrogen-bond acceptors (Lipinski definition) is 4. The lowest BCUT2D eigenvalue weighted by atomic mass is 10.2. The normalized spacial score (nSPS) is 13.9. The number of fused-ring (bicyclic) bond motifs is 3. The van der Waals surface area contributed by atoms with Crippen LogP contribution in [-0.2, 0) is 17.6 Å². The van der Waals surface area contributed by atoms with E-state index < -0.39 is 0 Å². The lowest BCUT2D eigenvalue weighted by molar-refractivity contribution is 0.0519. The van der Waals surface area contributed by atoms with Gasteiger partial charge in [-0.2, -0.15) is 5.10 Å². The second kappa shape index (κ2) is 4.08. The summed E-state index contributed by atoms with van der Waals surface area (Å²) in [5.74, 6) is -0.382. The standard InChI is InChI=1S/C13H15N3O2/c1-3-18-13(17)10-7-12-14-8(2)9-5-4-6-11(9)16(12)15-10/h7H,3-6H2,1-2H3. The van der Waals surface area contributed by atoms with Crippen molar-refractivity contribution in [2.75, 3.05) is 6.61 Å². The van der Waals surface area contributed by atoms with Crippen molar-refractivity contribution in [3.8, 4) is 0 Å². The molecule has 0 fully saturated rings. The molecular formula is C13H15N3O2. The van der Waals surface area contributed by atoms with Crippen LogP contribution in [0.4, 0.5) is 0 Å². The van der Waals surface area contributed by atoms with E-state index >= 15 is 0 Å². The first-order valence-corrected chi connectivity index (χ1v) is 6.26. The summed E-state index contributed by atoms with van der Waals surface area (Å²) in [7, 11) is 0. The molecule has 1 aliphatic rings. The van der Waals surface area contributed by atoms with Crippen LogP contribution in [0, 0.1) is 6.92 Å². The van der Waals surface area contributed by atoms with Gasteiger partial charge in [-0.25, -0.2) is 14.3 Å². The topological polar surface area (TPSA) is 56.5 Å². The van der Waals surface area contributed by atoms with Gasteiger partial charge in [-0.05, 0) is 38.7 Å². The van der Waals surface area contributed by atoms with Crippen molar-refractivity contribution < 1.29 is 9.53 Å². The second-order valence-electron chi connectivity index (χ2n) is 4.50. The molecule has 0 bridgehead atoms. The Kier molecular flexibility index (Phi) is 2.54. The molecule has 0 saturated carbocycles. The maximum Gasteiger partial charge on any atom is 0.358 e. The van der Waals surface area contributed by atoms with Gasteiger partial charge >= 0.3 is 5.97 Å². The molecular weight excluding hydrogens is 230 g/mol. The van der Waals surface area contributed by atoms with Gasteiger partial charge in [0, 0.05) is 17.5 Å². The average Bonchev–Trinajstić information content (AvgIpc) is 2.93. The summed E-state index contributed by atoms with van der Waals surface area (Å²) in [5.41, 5.74) is 4.58.